The molecule has 0 aliphatic heterocycles. The van der Waals surface area contributed by atoms with Crippen LogP contribution in [-0.4, -0.2) is 47.8 Å². The van der Waals surface area contributed by atoms with Gasteiger partial charge < -0.3 is 15.4 Å². The summed E-state index contributed by atoms with van der Waals surface area (Å²) in [6.45, 7) is 11.9. The highest BCUT2D eigenvalue weighted by Gasteiger charge is 2.37. The van der Waals surface area contributed by atoms with E-state index < -0.39 is 23.5 Å². The van der Waals surface area contributed by atoms with E-state index >= 15 is 0 Å². The van der Waals surface area contributed by atoms with Crippen molar-refractivity contribution in [3.05, 3.63) is 28.8 Å². The van der Waals surface area contributed by atoms with Crippen LogP contribution in [0.3, 0.4) is 0 Å². The van der Waals surface area contributed by atoms with Gasteiger partial charge in [-0.25, -0.2) is 4.98 Å². The number of rotatable bonds is 12. The molecular formula is C24H38N4O5S. The molecule has 0 bridgehead atoms. The maximum absolute atomic E-state index is 13.4. The van der Waals surface area contributed by atoms with Gasteiger partial charge in [0.15, 0.2) is 0 Å². The molecule has 9 nitrogen and oxygen atoms in total. The van der Waals surface area contributed by atoms with E-state index in [2.05, 4.69) is 15.6 Å². The lowest BCUT2D eigenvalue weighted by atomic mass is 9.84. The number of hydrogen-bond donors (Lipinski definition) is 4. The van der Waals surface area contributed by atoms with Crippen molar-refractivity contribution in [2.45, 2.75) is 66.7 Å². The molecule has 1 unspecified atom stereocenters. The zero-order valence-electron chi connectivity index (χ0n) is 21.1. The molecule has 3 atom stereocenters. The Balaban J connectivity index is 2.24. The highest BCUT2D eigenvalue weighted by atomic mass is 32.1. The Morgan fingerprint density at radius 1 is 1.21 bits per heavy atom. The standard InChI is InChI=1S/C24H38N4O5S/c1-14(2)10-17(22(29)27-21(23(30)25-7)24(4,5)6)19(13-33-28-31)32-12-16-8-9-20-18(11-16)26-15(3)34-20/h8-9,11,14,17,19,21,28,31H,10,12-13H2,1-7H3,(H,25,30)(H,27,29)/t17-,19?,21-/m1/s1. The van der Waals surface area contributed by atoms with Crippen LogP contribution in [0.15, 0.2) is 18.2 Å². The highest BCUT2D eigenvalue weighted by molar-refractivity contribution is 7.18. The van der Waals surface area contributed by atoms with Gasteiger partial charge in [-0.15, -0.1) is 11.3 Å². The molecule has 4 N–H and O–H groups in total. The van der Waals surface area contributed by atoms with Crippen molar-refractivity contribution in [1.29, 1.82) is 0 Å². The number of likely N-dealkylation sites (N-methyl/N-ethyl adjacent to an activating group) is 1. The first-order valence-electron chi connectivity index (χ1n) is 11.5. The quantitative estimate of drug-likeness (QED) is 0.334. The Bertz CT molecular complexity index is 956. The second-order valence-electron chi connectivity index (χ2n) is 9.94. The number of benzene rings is 1. The van der Waals surface area contributed by atoms with Gasteiger partial charge in [-0.3, -0.25) is 19.6 Å². The maximum atomic E-state index is 13.4. The Morgan fingerprint density at radius 3 is 2.50 bits per heavy atom. The number of carbonyl (C=O) groups is 2. The first-order valence-corrected chi connectivity index (χ1v) is 12.3. The summed E-state index contributed by atoms with van der Waals surface area (Å²) in [7, 11) is 1.55. The molecule has 34 heavy (non-hydrogen) atoms. The molecule has 0 aliphatic carbocycles. The average Bonchev–Trinajstić information content (AvgIpc) is 3.13. The first kappa shape index (κ1) is 28.1. The van der Waals surface area contributed by atoms with Crippen molar-refractivity contribution in [3.8, 4) is 0 Å². The van der Waals surface area contributed by atoms with Gasteiger partial charge in [0.1, 0.15) is 6.04 Å². The van der Waals surface area contributed by atoms with Crippen LogP contribution in [0.1, 0.15) is 51.6 Å². The smallest absolute Gasteiger partial charge is 0.242 e. The lowest BCUT2D eigenvalue weighted by Crippen LogP contribution is -2.55. The van der Waals surface area contributed by atoms with Crippen molar-refractivity contribution < 1.29 is 24.4 Å². The number of fused-ring (bicyclic) bond motifs is 1. The van der Waals surface area contributed by atoms with Crippen LogP contribution in [0.2, 0.25) is 0 Å². The Morgan fingerprint density at radius 2 is 1.91 bits per heavy atom. The van der Waals surface area contributed by atoms with Crippen LogP contribution in [0.5, 0.6) is 0 Å². The third-order valence-corrected chi connectivity index (χ3v) is 6.46. The maximum Gasteiger partial charge on any atom is 0.242 e. The van der Waals surface area contributed by atoms with Crippen LogP contribution in [0.25, 0.3) is 10.2 Å². The van der Waals surface area contributed by atoms with E-state index in [4.69, 9.17) is 14.8 Å². The molecule has 1 aromatic carbocycles. The van der Waals surface area contributed by atoms with E-state index in [-0.39, 0.29) is 30.9 Å². The van der Waals surface area contributed by atoms with E-state index in [1.54, 1.807) is 24.0 Å². The number of hydrogen-bond acceptors (Lipinski definition) is 8. The van der Waals surface area contributed by atoms with E-state index in [9.17, 15) is 9.59 Å². The predicted molar refractivity (Wildman–Crippen MR) is 132 cm³/mol. The monoisotopic (exact) mass is 494 g/mol. The fourth-order valence-corrected chi connectivity index (χ4v) is 4.59. The Hall–Kier alpha value is -2.11. The van der Waals surface area contributed by atoms with Gasteiger partial charge in [-0.2, -0.15) is 0 Å². The van der Waals surface area contributed by atoms with E-state index in [0.29, 0.717) is 6.42 Å². The van der Waals surface area contributed by atoms with Crippen molar-refractivity contribution in [2.75, 3.05) is 13.7 Å². The molecule has 1 heterocycles. The topological polar surface area (TPSA) is 122 Å². The second kappa shape index (κ2) is 12.6. The largest absolute Gasteiger partial charge is 0.370 e. The molecule has 190 valence electrons. The summed E-state index contributed by atoms with van der Waals surface area (Å²) in [5.74, 6) is -0.976. The normalized spacial score (nSPS) is 14.7. The minimum absolute atomic E-state index is 0.0560. The molecule has 0 saturated carbocycles. The lowest BCUT2D eigenvalue weighted by Gasteiger charge is -2.33. The Kier molecular flexibility index (Phi) is 10.4. The zero-order valence-corrected chi connectivity index (χ0v) is 21.9. The van der Waals surface area contributed by atoms with Crippen LogP contribution < -0.4 is 16.3 Å². The summed E-state index contributed by atoms with van der Waals surface area (Å²) < 4.78 is 7.26. The number of nitrogens with one attached hydrogen (secondary N) is 3. The van der Waals surface area contributed by atoms with Crippen molar-refractivity contribution in [1.82, 2.24) is 21.3 Å². The van der Waals surface area contributed by atoms with Crippen LogP contribution in [-0.2, 0) is 25.8 Å². The number of aryl methyl sites for hydroxylation is 1. The van der Waals surface area contributed by atoms with Crippen LogP contribution >= 0.6 is 11.3 Å². The number of amides is 2. The summed E-state index contributed by atoms with van der Waals surface area (Å²) >= 11 is 1.63. The fraction of sp³-hybridized carbons (Fsp3) is 0.625. The number of aromatic nitrogens is 1. The summed E-state index contributed by atoms with van der Waals surface area (Å²) in [4.78, 5) is 35.5. The van der Waals surface area contributed by atoms with Gasteiger partial charge in [-0.1, -0.05) is 46.3 Å². The van der Waals surface area contributed by atoms with Crippen molar-refractivity contribution in [2.24, 2.45) is 17.3 Å². The molecule has 0 spiro atoms. The third kappa shape index (κ3) is 7.99. The summed E-state index contributed by atoms with van der Waals surface area (Å²) in [5, 5.41) is 15.5. The number of carbonyl (C=O) groups excluding carboxylic acids is 2. The van der Waals surface area contributed by atoms with Crippen molar-refractivity contribution in [3.63, 3.8) is 0 Å². The SMILES string of the molecule is CNC(=O)[C@@H](NC(=O)[C@H](CC(C)C)C(CONO)OCc1ccc2sc(C)nc2c1)C(C)(C)C. The number of thiazole rings is 1. The van der Waals surface area contributed by atoms with Gasteiger partial charge in [-0.05, 0) is 42.4 Å². The van der Waals surface area contributed by atoms with Gasteiger partial charge in [0.05, 0.1) is 40.5 Å². The van der Waals surface area contributed by atoms with Crippen molar-refractivity contribution >= 4 is 33.4 Å². The molecule has 0 radical (unpaired) electrons. The van der Waals surface area contributed by atoms with E-state index in [0.717, 1.165) is 20.8 Å². The molecule has 0 fully saturated rings. The lowest BCUT2D eigenvalue weighted by molar-refractivity contribution is -0.170. The van der Waals surface area contributed by atoms with Crippen LogP contribution in [0, 0.1) is 24.2 Å². The minimum Gasteiger partial charge on any atom is -0.370 e. The van der Waals surface area contributed by atoms with Gasteiger partial charge in [0.2, 0.25) is 11.8 Å². The van der Waals surface area contributed by atoms with E-state index in [1.807, 2.05) is 59.7 Å². The molecule has 0 aliphatic rings. The fourth-order valence-electron chi connectivity index (χ4n) is 3.79. The molecular weight excluding hydrogens is 456 g/mol. The molecule has 10 heteroatoms. The number of ether oxygens (including phenoxy) is 1. The second-order valence-corrected chi connectivity index (χ2v) is 11.2. The van der Waals surface area contributed by atoms with Gasteiger partial charge in [0, 0.05) is 7.05 Å². The molecule has 2 aromatic rings. The van der Waals surface area contributed by atoms with Gasteiger partial charge >= 0.3 is 0 Å². The predicted octanol–water partition coefficient (Wildman–Crippen LogP) is 3.34. The number of nitrogens with zero attached hydrogens (tertiary/aromatic N) is 1. The van der Waals surface area contributed by atoms with E-state index in [1.165, 1.54) is 0 Å². The zero-order chi connectivity index (χ0) is 25.5. The van der Waals surface area contributed by atoms with Crippen LogP contribution in [0.4, 0.5) is 0 Å². The molecule has 0 saturated heterocycles. The third-order valence-electron chi connectivity index (χ3n) is 5.51. The summed E-state index contributed by atoms with van der Waals surface area (Å²) in [6.07, 6.45) is -0.152. The first-order chi connectivity index (χ1) is 16.0. The molecule has 2 amide bonds. The van der Waals surface area contributed by atoms with Gasteiger partial charge in [0.25, 0.3) is 0 Å². The summed E-state index contributed by atoms with van der Waals surface area (Å²) in [5.41, 5.74) is 3.01. The highest BCUT2D eigenvalue weighted by Crippen LogP contribution is 2.26. The Labute approximate surface area is 205 Å². The molecule has 1 aromatic heterocycles. The molecule has 2 rings (SSSR count). The average molecular weight is 495 g/mol. The minimum atomic E-state index is -0.715. The summed E-state index contributed by atoms with van der Waals surface area (Å²) in [6, 6.07) is 5.24.